The predicted octanol–water partition coefficient (Wildman–Crippen LogP) is 2.81. The summed E-state index contributed by atoms with van der Waals surface area (Å²) in [5.41, 5.74) is 2.38. The number of nitrogens with one attached hydrogen (secondary N) is 4. The van der Waals surface area contributed by atoms with Gasteiger partial charge in [-0.2, -0.15) is 15.0 Å². The van der Waals surface area contributed by atoms with Gasteiger partial charge < -0.3 is 21.3 Å². The van der Waals surface area contributed by atoms with E-state index in [0.29, 0.717) is 34.6 Å². The Hall–Kier alpha value is -2.39. The summed E-state index contributed by atoms with van der Waals surface area (Å²) >= 11 is 1.62. The van der Waals surface area contributed by atoms with E-state index in [1.54, 1.807) is 24.9 Å². The average Bonchev–Trinajstić information content (AvgIpc) is 3.20. The second-order valence-corrected chi connectivity index (χ2v) is 8.53. The molecule has 2 heterocycles. The number of hydrogen-bond donors (Lipinski definition) is 4. The van der Waals surface area contributed by atoms with Gasteiger partial charge in [0.25, 0.3) is 5.91 Å². The highest BCUT2D eigenvalue weighted by Crippen LogP contribution is 2.24. The molecule has 0 bridgehead atoms. The maximum atomic E-state index is 12.0. The van der Waals surface area contributed by atoms with Crippen molar-refractivity contribution in [3.05, 3.63) is 29.3 Å². The van der Waals surface area contributed by atoms with Crippen LogP contribution in [-0.2, 0) is 0 Å². The molecule has 1 atom stereocenters. The van der Waals surface area contributed by atoms with Crippen LogP contribution in [0.4, 0.5) is 17.6 Å². The molecule has 3 rings (SSSR count). The molecule has 29 heavy (non-hydrogen) atoms. The minimum atomic E-state index is -0.132. The lowest BCUT2D eigenvalue weighted by molar-refractivity contribution is 0.0963. The molecule has 1 aromatic heterocycles. The first kappa shape index (κ1) is 21.3. The zero-order valence-corrected chi connectivity index (χ0v) is 18.2. The maximum absolute atomic E-state index is 12.0. The number of carbonyl (C=O) groups excluding carboxylic acids is 1. The highest BCUT2D eigenvalue weighted by molar-refractivity contribution is 7.99. The van der Waals surface area contributed by atoms with Crippen LogP contribution in [0.2, 0.25) is 0 Å². The second-order valence-electron chi connectivity index (χ2n) is 7.54. The average molecular weight is 416 g/mol. The summed E-state index contributed by atoms with van der Waals surface area (Å²) in [4.78, 5) is 25.7. The van der Waals surface area contributed by atoms with Crippen LogP contribution in [0.15, 0.2) is 23.4 Å². The van der Waals surface area contributed by atoms with Gasteiger partial charge in [-0.3, -0.25) is 4.79 Å². The minimum Gasteiger partial charge on any atom is -0.355 e. The molecule has 1 aliphatic rings. The van der Waals surface area contributed by atoms with Crippen molar-refractivity contribution in [2.75, 3.05) is 36.5 Å². The van der Waals surface area contributed by atoms with Gasteiger partial charge in [-0.25, -0.2) is 0 Å². The summed E-state index contributed by atoms with van der Waals surface area (Å²) < 4.78 is 0. The standard InChI is InChI=1S/C20H29N7OS/c1-12(2)11-29-20-26-18(23-15-7-8-22-10-15)25-19(27-20)24-16-9-14(17(28)21-4)6-5-13(16)3/h5-6,9,12,15,22H,7-8,10-11H2,1-4H3,(H,21,28)(H2,23,24,25,26,27)/t15-/m0/s1. The fraction of sp³-hybridized carbons (Fsp3) is 0.500. The van der Waals surface area contributed by atoms with Gasteiger partial charge in [0.2, 0.25) is 11.9 Å². The van der Waals surface area contributed by atoms with Gasteiger partial charge in [-0.15, -0.1) is 0 Å². The van der Waals surface area contributed by atoms with Crippen molar-refractivity contribution in [2.24, 2.45) is 5.92 Å². The Morgan fingerprint density at radius 2 is 2.07 bits per heavy atom. The molecule has 2 aromatic rings. The lowest BCUT2D eigenvalue weighted by atomic mass is 10.1. The van der Waals surface area contributed by atoms with Crippen molar-refractivity contribution < 1.29 is 4.79 Å². The first-order chi connectivity index (χ1) is 13.9. The van der Waals surface area contributed by atoms with E-state index in [0.717, 1.165) is 36.5 Å². The lowest BCUT2D eigenvalue weighted by Crippen LogP contribution is -2.24. The summed E-state index contributed by atoms with van der Waals surface area (Å²) in [5.74, 6) is 2.38. The molecular weight excluding hydrogens is 386 g/mol. The van der Waals surface area contributed by atoms with Crippen LogP contribution in [0.5, 0.6) is 0 Å². The van der Waals surface area contributed by atoms with Gasteiger partial charge in [-0.05, 0) is 43.5 Å². The van der Waals surface area contributed by atoms with Crippen LogP contribution < -0.4 is 21.3 Å². The zero-order chi connectivity index (χ0) is 20.8. The van der Waals surface area contributed by atoms with Gasteiger partial charge in [-0.1, -0.05) is 31.7 Å². The normalized spacial score (nSPS) is 16.1. The highest BCUT2D eigenvalue weighted by atomic mass is 32.2. The van der Waals surface area contributed by atoms with E-state index < -0.39 is 0 Å². The van der Waals surface area contributed by atoms with Crippen LogP contribution >= 0.6 is 11.8 Å². The molecule has 1 amide bonds. The number of aryl methyl sites for hydroxylation is 1. The van der Waals surface area contributed by atoms with Crippen LogP contribution in [0.25, 0.3) is 0 Å². The molecular formula is C20H29N7OS. The number of hydrogen-bond acceptors (Lipinski definition) is 8. The largest absolute Gasteiger partial charge is 0.355 e. The lowest BCUT2D eigenvalue weighted by Gasteiger charge is -2.15. The summed E-state index contributed by atoms with van der Waals surface area (Å²) in [6.45, 7) is 8.22. The molecule has 1 fully saturated rings. The number of anilines is 3. The molecule has 1 aliphatic heterocycles. The van der Waals surface area contributed by atoms with E-state index in [9.17, 15) is 4.79 Å². The fourth-order valence-corrected chi connectivity index (χ4v) is 3.69. The van der Waals surface area contributed by atoms with E-state index in [4.69, 9.17) is 0 Å². The Morgan fingerprint density at radius 1 is 1.28 bits per heavy atom. The third kappa shape index (κ3) is 6.04. The van der Waals surface area contributed by atoms with Crippen molar-refractivity contribution in [1.82, 2.24) is 25.6 Å². The van der Waals surface area contributed by atoms with Crippen molar-refractivity contribution in [3.8, 4) is 0 Å². The number of nitrogens with zero attached hydrogens (tertiary/aromatic N) is 3. The van der Waals surface area contributed by atoms with E-state index in [1.165, 1.54) is 0 Å². The van der Waals surface area contributed by atoms with E-state index in [2.05, 4.69) is 50.1 Å². The van der Waals surface area contributed by atoms with E-state index in [1.807, 2.05) is 19.1 Å². The summed E-state index contributed by atoms with van der Waals surface area (Å²) in [6, 6.07) is 5.83. The van der Waals surface area contributed by atoms with Crippen molar-refractivity contribution >= 4 is 35.3 Å². The molecule has 9 heteroatoms. The predicted molar refractivity (Wildman–Crippen MR) is 118 cm³/mol. The Labute approximate surface area is 176 Å². The summed E-state index contributed by atoms with van der Waals surface area (Å²) in [5, 5.41) is 13.4. The Kier molecular flexibility index (Phi) is 7.27. The molecule has 4 N–H and O–H groups in total. The smallest absolute Gasteiger partial charge is 0.251 e. The molecule has 0 aliphatic carbocycles. The highest BCUT2D eigenvalue weighted by Gasteiger charge is 2.17. The first-order valence-electron chi connectivity index (χ1n) is 9.90. The number of thioether (sulfide) groups is 1. The van der Waals surface area contributed by atoms with Crippen LogP contribution in [0, 0.1) is 12.8 Å². The second kappa shape index (κ2) is 9.89. The zero-order valence-electron chi connectivity index (χ0n) is 17.4. The topological polar surface area (TPSA) is 104 Å². The molecule has 1 aromatic carbocycles. The monoisotopic (exact) mass is 415 g/mol. The van der Waals surface area contributed by atoms with E-state index in [-0.39, 0.29) is 5.91 Å². The van der Waals surface area contributed by atoms with Crippen molar-refractivity contribution in [1.29, 1.82) is 0 Å². The Morgan fingerprint density at radius 3 is 2.76 bits per heavy atom. The minimum absolute atomic E-state index is 0.132. The Balaban J connectivity index is 1.86. The van der Waals surface area contributed by atoms with Gasteiger partial charge >= 0.3 is 0 Å². The maximum Gasteiger partial charge on any atom is 0.251 e. The number of rotatable bonds is 8. The van der Waals surface area contributed by atoms with Gasteiger partial charge in [0.05, 0.1) is 0 Å². The van der Waals surface area contributed by atoms with Crippen LogP contribution in [-0.4, -0.2) is 52.8 Å². The van der Waals surface area contributed by atoms with Crippen LogP contribution in [0.1, 0.15) is 36.2 Å². The van der Waals surface area contributed by atoms with Gasteiger partial charge in [0.15, 0.2) is 5.16 Å². The summed E-state index contributed by atoms with van der Waals surface area (Å²) in [6.07, 6.45) is 1.04. The van der Waals surface area contributed by atoms with Crippen LogP contribution in [0.3, 0.4) is 0 Å². The first-order valence-corrected chi connectivity index (χ1v) is 10.9. The third-order valence-corrected chi connectivity index (χ3v) is 5.80. The number of aromatic nitrogens is 3. The van der Waals surface area contributed by atoms with Crippen molar-refractivity contribution in [3.63, 3.8) is 0 Å². The molecule has 0 saturated carbocycles. The van der Waals surface area contributed by atoms with Crippen molar-refractivity contribution in [2.45, 2.75) is 38.4 Å². The van der Waals surface area contributed by atoms with Gasteiger partial charge in [0.1, 0.15) is 0 Å². The SMILES string of the molecule is CNC(=O)c1ccc(C)c(Nc2nc(N[C@H]3CCNC3)nc(SCC(C)C)n2)c1. The summed E-state index contributed by atoms with van der Waals surface area (Å²) in [7, 11) is 1.62. The quantitative estimate of drug-likeness (QED) is 0.488. The number of benzene rings is 1. The molecule has 0 unspecified atom stereocenters. The Bertz CT molecular complexity index is 853. The van der Waals surface area contributed by atoms with E-state index >= 15 is 0 Å². The fourth-order valence-electron chi connectivity index (χ4n) is 2.91. The molecule has 156 valence electrons. The molecule has 0 radical (unpaired) electrons. The number of amides is 1. The number of carbonyl (C=O) groups is 1. The molecule has 8 nitrogen and oxygen atoms in total. The third-order valence-electron chi connectivity index (χ3n) is 4.53. The molecule has 1 saturated heterocycles. The molecule has 0 spiro atoms. The van der Waals surface area contributed by atoms with Gasteiger partial charge in [0, 0.05) is 36.6 Å².